The SMILES string of the molecule is C=C[C@@H]1C[C@H](CO)C(c2cn(S(C)(=O)=O)c3ccccc23)N1S(=O)(=O)c1ccc(C)cc1. The molecule has 0 bridgehead atoms. The average molecular weight is 475 g/mol. The highest BCUT2D eigenvalue weighted by Gasteiger charge is 2.48. The van der Waals surface area contributed by atoms with Gasteiger partial charge in [0.2, 0.25) is 20.0 Å². The average Bonchev–Trinajstić information content (AvgIpc) is 3.32. The van der Waals surface area contributed by atoms with Crippen molar-refractivity contribution in [3.05, 3.63) is 78.5 Å². The summed E-state index contributed by atoms with van der Waals surface area (Å²) < 4.78 is 55.0. The fraction of sp³-hybridized carbons (Fsp3) is 0.304. The first-order chi connectivity index (χ1) is 15.1. The standard InChI is InChI=1S/C23H26N2O5S2/c1-4-18-13-17(15-26)23(25(18)32(29,30)19-11-9-16(2)10-12-19)21-14-24(31(3,27)28)22-8-6-5-7-20(21)22/h4-12,14,17-18,23,26H,1,13,15H2,2-3H3/t17-,18-,23?/m1/s1. The Labute approximate surface area is 188 Å². The van der Waals surface area contributed by atoms with E-state index in [-0.39, 0.29) is 11.5 Å². The summed E-state index contributed by atoms with van der Waals surface area (Å²) in [5.41, 5.74) is 1.95. The molecule has 2 aromatic carbocycles. The number of aliphatic hydroxyl groups excluding tert-OH is 1. The summed E-state index contributed by atoms with van der Waals surface area (Å²) in [6.45, 7) is 5.46. The summed E-state index contributed by atoms with van der Waals surface area (Å²) in [6, 6.07) is 12.3. The van der Waals surface area contributed by atoms with Gasteiger partial charge in [-0.15, -0.1) is 6.58 Å². The number of para-hydroxylation sites is 1. The van der Waals surface area contributed by atoms with E-state index in [2.05, 4.69) is 6.58 Å². The van der Waals surface area contributed by atoms with Gasteiger partial charge in [-0.05, 0) is 37.1 Å². The third kappa shape index (κ3) is 3.69. The lowest BCUT2D eigenvalue weighted by Crippen LogP contribution is -2.37. The van der Waals surface area contributed by atoms with Crippen molar-refractivity contribution in [1.82, 2.24) is 8.28 Å². The van der Waals surface area contributed by atoms with Gasteiger partial charge in [0.05, 0.1) is 22.7 Å². The van der Waals surface area contributed by atoms with Gasteiger partial charge in [0, 0.05) is 30.1 Å². The van der Waals surface area contributed by atoms with Crippen molar-refractivity contribution in [2.45, 2.75) is 30.3 Å². The first-order valence-electron chi connectivity index (χ1n) is 10.2. The third-order valence-electron chi connectivity index (χ3n) is 6.08. The molecular formula is C23H26N2O5S2. The molecule has 0 saturated carbocycles. The molecule has 1 saturated heterocycles. The summed E-state index contributed by atoms with van der Waals surface area (Å²) in [6.07, 6.45) is 4.55. The zero-order valence-corrected chi connectivity index (χ0v) is 19.6. The molecule has 9 heteroatoms. The van der Waals surface area contributed by atoms with E-state index in [0.29, 0.717) is 22.9 Å². The van der Waals surface area contributed by atoms with Crippen molar-refractivity contribution in [3.63, 3.8) is 0 Å². The predicted octanol–water partition coefficient (Wildman–Crippen LogP) is 3.06. The lowest BCUT2D eigenvalue weighted by molar-refractivity contribution is 0.199. The predicted molar refractivity (Wildman–Crippen MR) is 124 cm³/mol. The van der Waals surface area contributed by atoms with E-state index in [0.717, 1.165) is 11.8 Å². The van der Waals surface area contributed by atoms with Gasteiger partial charge in [-0.2, -0.15) is 4.31 Å². The van der Waals surface area contributed by atoms with Crippen LogP contribution in [0.2, 0.25) is 0 Å². The van der Waals surface area contributed by atoms with Crippen molar-refractivity contribution in [2.24, 2.45) is 5.92 Å². The van der Waals surface area contributed by atoms with Crippen LogP contribution in [0.25, 0.3) is 10.9 Å². The minimum atomic E-state index is -3.96. The van der Waals surface area contributed by atoms with Crippen LogP contribution in [0.15, 0.2) is 72.3 Å². The summed E-state index contributed by atoms with van der Waals surface area (Å²) in [5.74, 6) is -0.419. The van der Waals surface area contributed by atoms with E-state index in [1.54, 1.807) is 54.6 Å². The van der Waals surface area contributed by atoms with Gasteiger partial charge in [0.15, 0.2) is 0 Å². The van der Waals surface area contributed by atoms with Crippen LogP contribution in [0.4, 0.5) is 0 Å². The molecule has 0 amide bonds. The van der Waals surface area contributed by atoms with E-state index >= 15 is 0 Å². The first-order valence-corrected chi connectivity index (χ1v) is 13.5. The van der Waals surface area contributed by atoms with Crippen LogP contribution in [-0.2, 0) is 20.0 Å². The van der Waals surface area contributed by atoms with Crippen LogP contribution in [0.1, 0.15) is 23.6 Å². The van der Waals surface area contributed by atoms with Crippen molar-refractivity contribution in [2.75, 3.05) is 12.9 Å². The Morgan fingerprint density at radius 2 is 1.75 bits per heavy atom. The molecule has 32 heavy (non-hydrogen) atoms. The Morgan fingerprint density at radius 1 is 1.09 bits per heavy atom. The molecule has 1 unspecified atom stereocenters. The molecule has 3 aromatic rings. The molecule has 1 aromatic heterocycles. The lowest BCUT2D eigenvalue weighted by atomic mass is 9.94. The third-order valence-corrected chi connectivity index (χ3v) is 9.02. The monoisotopic (exact) mass is 474 g/mol. The second-order valence-corrected chi connectivity index (χ2v) is 11.9. The molecule has 0 spiro atoms. The van der Waals surface area contributed by atoms with Crippen LogP contribution < -0.4 is 0 Å². The van der Waals surface area contributed by atoms with Crippen LogP contribution in [0.3, 0.4) is 0 Å². The van der Waals surface area contributed by atoms with Gasteiger partial charge in [0.1, 0.15) is 0 Å². The van der Waals surface area contributed by atoms with Crippen molar-refractivity contribution in [3.8, 4) is 0 Å². The van der Waals surface area contributed by atoms with E-state index in [4.69, 9.17) is 0 Å². The Morgan fingerprint density at radius 3 is 2.34 bits per heavy atom. The highest BCUT2D eigenvalue weighted by atomic mass is 32.2. The number of benzene rings is 2. The maximum absolute atomic E-state index is 13.8. The molecule has 0 radical (unpaired) electrons. The molecule has 0 aliphatic carbocycles. The van der Waals surface area contributed by atoms with Crippen molar-refractivity contribution in [1.29, 1.82) is 0 Å². The zero-order valence-electron chi connectivity index (χ0n) is 17.9. The molecular weight excluding hydrogens is 448 g/mol. The van der Waals surface area contributed by atoms with Crippen LogP contribution >= 0.6 is 0 Å². The zero-order chi connectivity index (χ0) is 23.3. The van der Waals surface area contributed by atoms with Crippen LogP contribution in [-0.4, -0.2) is 49.1 Å². The topological polar surface area (TPSA) is 96.7 Å². The Bertz CT molecular complexity index is 1380. The van der Waals surface area contributed by atoms with Crippen LogP contribution in [0, 0.1) is 12.8 Å². The number of aryl methyl sites for hydroxylation is 1. The minimum absolute atomic E-state index is 0.144. The number of hydrogen-bond acceptors (Lipinski definition) is 5. The van der Waals surface area contributed by atoms with E-state index < -0.39 is 38.0 Å². The fourth-order valence-corrected chi connectivity index (χ4v) is 7.23. The number of aliphatic hydroxyl groups is 1. The molecule has 3 atom stereocenters. The molecule has 4 rings (SSSR count). The molecule has 1 aliphatic rings. The number of aromatic nitrogens is 1. The summed E-state index contributed by atoms with van der Waals surface area (Å²) in [7, 11) is -7.58. The Balaban J connectivity index is 1.97. The second kappa shape index (κ2) is 8.15. The van der Waals surface area contributed by atoms with Gasteiger partial charge in [-0.3, -0.25) is 0 Å². The quantitative estimate of drug-likeness (QED) is 0.554. The molecule has 1 aliphatic heterocycles. The highest BCUT2D eigenvalue weighted by Crippen LogP contribution is 2.47. The Hall–Kier alpha value is -2.46. The maximum Gasteiger partial charge on any atom is 0.244 e. The largest absolute Gasteiger partial charge is 0.396 e. The van der Waals surface area contributed by atoms with Gasteiger partial charge in [-0.1, -0.05) is 42.0 Å². The summed E-state index contributed by atoms with van der Waals surface area (Å²) >= 11 is 0. The Kier molecular flexibility index (Phi) is 5.79. The molecule has 7 nitrogen and oxygen atoms in total. The van der Waals surface area contributed by atoms with Gasteiger partial charge < -0.3 is 5.11 Å². The molecule has 2 heterocycles. The molecule has 1 fully saturated rings. The first kappa shape index (κ1) is 22.7. The highest BCUT2D eigenvalue weighted by molar-refractivity contribution is 7.89. The van der Waals surface area contributed by atoms with Gasteiger partial charge in [-0.25, -0.2) is 20.8 Å². The van der Waals surface area contributed by atoms with E-state index in [1.165, 1.54) is 14.5 Å². The summed E-state index contributed by atoms with van der Waals surface area (Å²) in [5, 5.41) is 10.8. The molecule has 170 valence electrons. The molecule has 1 N–H and O–H groups in total. The lowest BCUT2D eigenvalue weighted by Gasteiger charge is -2.29. The number of fused-ring (bicyclic) bond motifs is 1. The normalized spacial score (nSPS) is 22.4. The second-order valence-electron chi connectivity index (χ2n) is 8.23. The number of nitrogens with zero attached hydrogens (tertiary/aromatic N) is 2. The van der Waals surface area contributed by atoms with Gasteiger partial charge >= 0.3 is 0 Å². The number of hydrogen-bond donors (Lipinski definition) is 1. The summed E-state index contributed by atoms with van der Waals surface area (Å²) in [4.78, 5) is 0.144. The van der Waals surface area contributed by atoms with Crippen LogP contribution in [0.5, 0.6) is 0 Å². The minimum Gasteiger partial charge on any atom is -0.396 e. The van der Waals surface area contributed by atoms with Crippen molar-refractivity contribution < 1.29 is 21.9 Å². The number of rotatable bonds is 6. The van der Waals surface area contributed by atoms with Crippen molar-refractivity contribution >= 4 is 30.9 Å². The number of sulfonamides is 1. The fourth-order valence-electron chi connectivity index (χ4n) is 4.57. The van der Waals surface area contributed by atoms with Gasteiger partial charge in [0.25, 0.3) is 0 Å². The van der Waals surface area contributed by atoms with E-state index in [1.807, 2.05) is 6.92 Å². The van der Waals surface area contributed by atoms with E-state index in [9.17, 15) is 21.9 Å². The maximum atomic E-state index is 13.8. The smallest absolute Gasteiger partial charge is 0.244 e.